The van der Waals surface area contributed by atoms with Gasteiger partial charge in [0.1, 0.15) is 5.82 Å². The van der Waals surface area contributed by atoms with Crippen LogP contribution < -0.4 is 5.32 Å². The topological polar surface area (TPSA) is 29.1 Å². The average Bonchev–Trinajstić information content (AvgIpc) is 2.24. The van der Waals surface area contributed by atoms with Crippen molar-refractivity contribution in [2.75, 3.05) is 0 Å². The summed E-state index contributed by atoms with van der Waals surface area (Å²) < 4.78 is 12.9. The number of carbonyl (C=O) groups excluding carboxylic acids is 1. The second kappa shape index (κ2) is 5.99. The molecule has 0 aromatic heterocycles. The molecule has 1 amide bonds. The quantitative estimate of drug-likeness (QED) is 0.848. The van der Waals surface area contributed by atoms with Gasteiger partial charge >= 0.3 is 0 Å². The van der Waals surface area contributed by atoms with Crippen LogP contribution in [0.2, 0.25) is 0 Å². The van der Waals surface area contributed by atoms with Crippen LogP contribution in [-0.2, 0) is 11.3 Å². The lowest BCUT2D eigenvalue weighted by molar-refractivity contribution is -0.121. The van der Waals surface area contributed by atoms with Crippen molar-refractivity contribution in [3.05, 3.63) is 35.6 Å². The van der Waals surface area contributed by atoms with E-state index in [9.17, 15) is 9.18 Å². The van der Waals surface area contributed by atoms with Gasteiger partial charge in [0.05, 0.1) is 4.83 Å². The number of amides is 1. The molecule has 88 valence electrons. The van der Waals surface area contributed by atoms with Crippen LogP contribution in [0, 0.1) is 11.7 Å². The summed E-state index contributed by atoms with van der Waals surface area (Å²) >= 11 is 3.31. The zero-order chi connectivity index (χ0) is 12.1. The predicted octanol–water partition coefficient (Wildman–Crippen LogP) is 2.86. The average molecular weight is 288 g/mol. The Kier molecular flexibility index (Phi) is 4.93. The minimum Gasteiger partial charge on any atom is -0.351 e. The molecule has 4 heteroatoms. The maximum Gasteiger partial charge on any atom is 0.234 e. The highest BCUT2D eigenvalue weighted by Crippen LogP contribution is 2.12. The van der Waals surface area contributed by atoms with Gasteiger partial charge in [-0.15, -0.1) is 0 Å². The maximum atomic E-state index is 12.9. The summed E-state index contributed by atoms with van der Waals surface area (Å²) in [7, 11) is 0. The Bertz CT molecular complexity index is 368. The first-order valence-electron chi connectivity index (χ1n) is 5.17. The van der Waals surface area contributed by atoms with E-state index in [0.29, 0.717) is 6.54 Å². The molecule has 1 aromatic rings. The van der Waals surface area contributed by atoms with Crippen LogP contribution in [0.3, 0.4) is 0 Å². The number of carbonyl (C=O) groups is 1. The third-order valence-electron chi connectivity index (χ3n) is 2.19. The van der Waals surface area contributed by atoms with Crippen LogP contribution in [0.25, 0.3) is 0 Å². The van der Waals surface area contributed by atoms with E-state index in [0.717, 1.165) is 5.56 Å². The number of benzene rings is 1. The molecule has 1 N–H and O–H groups in total. The van der Waals surface area contributed by atoms with Crippen LogP contribution in [0.5, 0.6) is 0 Å². The number of alkyl halides is 1. The van der Waals surface area contributed by atoms with Crippen LogP contribution in [0.1, 0.15) is 19.4 Å². The van der Waals surface area contributed by atoms with Crippen molar-refractivity contribution in [3.63, 3.8) is 0 Å². The van der Waals surface area contributed by atoms with Gasteiger partial charge in [-0.2, -0.15) is 0 Å². The molecular formula is C12H15BrFNO. The van der Waals surface area contributed by atoms with E-state index in [1.807, 2.05) is 13.8 Å². The van der Waals surface area contributed by atoms with E-state index in [1.54, 1.807) is 12.1 Å². The Hall–Kier alpha value is -0.900. The molecule has 0 bridgehead atoms. The minimum atomic E-state index is -0.286. The zero-order valence-electron chi connectivity index (χ0n) is 9.34. The molecule has 0 aliphatic rings. The molecular weight excluding hydrogens is 273 g/mol. The van der Waals surface area contributed by atoms with E-state index in [1.165, 1.54) is 12.1 Å². The Morgan fingerprint density at radius 3 is 2.75 bits per heavy atom. The van der Waals surface area contributed by atoms with E-state index in [4.69, 9.17) is 0 Å². The summed E-state index contributed by atoms with van der Waals surface area (Å²) in [6.45, 7) is 4.27. The number of hydrogen-bond acceptors (Lipinski definition) is 1. The van der Waals surface area contributed by atoms with Crippen LogP contribution in [-0.4, -0.2) is 10.7 Å². The lowest BCUT2D eigenvalue weighted by atomic mass is 10.1. The van der Waals surface area contributed by atoms with E-state index < -0.39 is 0 Å². The summed E-state index contributed by atoms with van der Waals surface area (Å²) in [5, 5.41) is 2.75. The highest BCUT2D eigenvalue weighted by Gasteiger charge is 2.17. The van der Waals surface area contributed by atoms with Crippen LogP contribution >= 0.6 is 15.9 Å². The standard InChI is InChI=1S/C12H15BrFNO/c1-8(2)11(13)12(16)15-7-9-4-3-5-10(14)6-9/h3-6,8,11H,7H2,1-2H3,(H,15,16). The molecule has 1 unspecified atom stereocenters. The molecule has 1 rings (SSSR count). The predicted molar refractivity (Wildman–Crippen MR) is 65.8 cm³/mol. The summed E-state index contributed by atoms with van der Waals surface area (Å²) in [6, 6.07) is 6.21. The highest BCUT2D eigenvalue weighted by atomic mass is 79.9. The first kappa shape index (κ1) is 13.2. The second-order valence-electron chi connectivity index (χ2n) is 3.99. The van der Waals surface area contributed by atoms with Gasteiger partial charge in [0.25, 0.3) is 0 Å². The smallest absolute Gasteiger partial charge is 0.234 e. The Balaban J connectivity index is 2.49. The van der Waals surface area contributed by atoms with Crippen molar-refractivity contribution in [1.82, 2.24) is 5.32 Å². The molecule has 0 spiro atoms. The van der Waals surface area contributed by atoms with Gasteiger partial charge in [-0.1, -0.05) is 41.9 Å². The molecule has 0 fully saturated rings. The summed E-state index contributed by atoms with van der Waals surface area (Å²) in [5.41, 5.74) is 0.761. The number of nitrogens with one attached hydrogen (secondary N) is 1. The number of hydrogen-bond donors (Lipinski definition) is 1. The second-order valence-corrected chi connectivity index (χ2v) is 4.98. The van der Waals surface area contributed by atoms with Gasteiger partial charge in [0, 0.05) is 6.54 Å². The van der Waals surface area contributed by atoms with Crippen LogP contribution in [0.15, 0.2) is 24.3 Å². The minimum absolute atomic E-state index is 0.0701. The molecule has 0 aliphatic carbocycles. The lowest BCUT2D eigenvalue weighted by Crippen LogP contribution is -2.33. The van der Waals surface area contributed by atoms with E-state index in [2.05, 4.69) is 21.2 Å². The van der Waals surface area contributed by atoms with Crippen molar-refractivity contribution in [1.29, 1.82) is 0 Å². The lowest BCUT2D eigenvalue weighted by Gasteiger charge is -2.13. The van der Waals surface area contributed by atoms with Crippen molar-refractivity contribution in [2.45, 2.75) is 25.2 Å². The van der Waals surface area contributed by atoms with Gasteiger partial charge in [0.15, 0.2) is 0 Å². The molecule has 0 radical (unpaired) electrons. The fourth-order valence-electron chi connectivity index (χ4n) is 1.24. The summed E-state index contributed by atoms with van der Waals surface area (Å²) in [5.74, 6) is -0.127. The van der Waals surface area contributed by atoms with Gasteiger partial charge in [-0.05, 0) is 23.6 Å². The Labute approximate surface area is 103 Å². The van der Waals surface area contributed by atoms with Crippen LogP contribution in [0.4, 0.5) is 4.39 Å². The summed E-state index contributed by atoms with van der Waals surface area (Å²) in [4.78, 5) is 11.4. The fraction of sp³-hybridized carbons (Fsp3) is 0.417. The SMILES string of the molecule is CC(C)C(Br)C(=O)NCc1cccc(F)c1. The first-order valence-corrected chi connectivity index (χ1v) is 6.08. The van der Waals surface area contributed by atoms with Gasteiger partial charge in [-0.25, -0.2) is 4.39 Å². The van der Waals surface area contributed by atoms with E-state index >= 15 is 0 Å². The zero-order valence-corrected chi connectivity index (χ0v) is 10.9. The molecule has 0 aliphatic heterocycles. The van der Waals surface area contributed by atoms with Crippen molar-refractivity contribution < 1.29 is 9.18 Å². The largest absolute Gasteiger partial charge is 0.351 e. The molecule has 1 atom stereocenters. The van der Waals surface area contributed by atoms with Crippen molar-refractivity contribution >= 4 is 21.8 Å². The molecule has 1 aromatic carbocycles. The molecule has 0 saturated carbocycles. The molecule has 2 nitrogen and oxygen atoms in total. The monoisotopic (exact) mass is 287 g/mol. The molecule has 16 heavy (non-hydrogen) atoms. The van der Waals surface area contributed by atoms with E-state index in [-0.39, 0.29) is 22.5 Å². The fourth-order valence-corrected chi connectivity index (χ4v) is 1.40. The third-order valence-corrected chi connectivity index (χ3v) is 3.66. The van der Waals surface area contributed by atoms with Gasteiger partial charge in [-0.3, -0.25) is 4.79 Å². The first-order chi connectivity index (χ1) is 7.50. The third kappa shape index (κ3) is 3.93. The number of halogens is 2. The summed E-state index contributed by atoms with van der Waals surface area (Å²) in [6.07, 6.45) is 0. The normalized spacial score (nSPS) is 12.6. The van der Waals surface area contributed by atoms with Gasteiger partial charge < -0.3 is 5.32 Å². The van der Waals surface area contributed by atoms with Crippen molar-refractivity contribution in [3.8, 4) is 0 Å². The van der Waals surface area contributed by atoms with Gasteiger partial charge in [0.2, 0.25) is 5.91 Å². The Morgan fingerprint density at radius 2 is 2.19 bits per heavy atom. The maximum absolute atomic E-state index is 12.9. The van der Waals surface area contributed by atoms with Crippen molar-refractivity contribution in [2.24, 2.45) is 5.92 Å². The molecule has 0 saturated heterocycles. The number of rotatable bonds is 4. The molecule has 0 heterocycles. The highest BCUT2D eigenvalue weighted by molar-refractivity contribution is 9.10. The Morgan fingerprint density at radius 1 is 1.50 bits per heavy atom.